The maximum absolute atomic E-state index is 14.6. The van der Waals surface area contributed by atoms with Crippen molar-refractivity contribution in [2.24, 2.45) is 45.5 Å². The first-order valence-electron chi connectivity index (χ1n) is 27.1. The van der Waals surface area contributed by atoms with Gasteiger partial charge in [0.15, 0.2) is 5.96 Å². The summed E-state index contributed by atoms with van der Waals surface area (Å²) >= 11 is 0. The predicted octanol–water partition coefficient (Wildman–Crippen LogP) is -2.12. The van der Waals surface area contributed by atoms with E-state index in [1.54, 1.807) is 56.4 Å². The SMILES string of the molecule is CC(C)C[C@H](NC(=O)[C@H](CCCN=C(N)N)NC(=O)[C@H](Cc1c[nH]c2ccccc12)NC(=O)CNC(=O)[C@H](CO)NC(=O)[C@@H](N)C(C)C)C(=O)N[C@@H](Cc1ccccc1)C(=O)N[C@@H](CCCCN)C(=O)N[C@@H](CCCCN)C(=O)O. The van der Waals surface area contributed by atoms with Gasteiger partial charge in [0.1, 0.15) is 42.3 Å². The summed E-state index contributed by atoms with van der Waals surface area (Å²) in [6, 6.07) is 5.65. The minimum Gasteiger partial charge on any atom is -0.480 e. The van der Waals surface area contributed by atoms with Crippen molar-refractivity contribution in [1.82, 2.24) is 47.5 Å². The van der Waals surface area contributed by atoms with E-state index in [0.29, 0.717) is 49.9 Å². The van der Waals surface area contributed by atoms with Crippen LogP contribution in [0.25, 0.3) is 10.9 Å². The van der Waals surface area contributed by atoms with E-state index in [0.717, 1.165) is 10.9 Å². The highest BCUT2D eigenvalue weighted by molar-refractivity contribution is 5.98. The van der Waals surface area contributed by atoms with Crippen LogP contribution in [0.15, 0.2) is 65.8 Å². The quantitative estimate of drug-likeness (QED) is 0.0167. The van der Waals surface area contributed by atoms with E-state index in [2.05, 4.69) is 52.5 Å². The number of H-pyrrole nitrogens is 1. The van der Waals surface area contributed by atoms with Crippen LogP contribution >= 0.6 is 0 Å². The monoisotopic (exact) mass is 1120 g/mol. The average molecular weight is 1120 g/mol. The summed E-state index contributed by atoms with van der Waals surface area (Å²) in [5.74, 6) is -8.35. The third-order valence-corrected chi connectivity index (χ3v) is 13.0. The van der Waals surface area contributed by atoms with E-state index in [9.17, 15) is 53.4 Å². The van der Waals surface area contributed by atoms with Crippen molar-refractivity contribution in [3.8, 4) is 0 Å². The molecule has 8 amide bonds. The predicted molar refractivity (Wildman–Crippen MR) is 301 cm³/mol. The van der Waals surface area contributed by atoms with Crippen LogP contribution < -0.4 is 71.2 Å². The first-order chi connectivity index (χ1) is 38.1. The molecule has 1 aromatic heterocycles. The van der Waals surface area contributed by atoms with Gasteiger partial charge in [-0.05, 0) is 99.9 Å². The Labute approximate surface area is 466 Å². The Balaban J connectivity index is 1.96. The number of guanidine groups is 1. The number of benzene rings is 2. The van der Waals surface area contributed by atoms with E-state index >= 15 is 0 Å². The van der Waals surface area contributed by atoms with Crippen molar-refractivity contribution in [1.29, 1.82) is 0 Å². The van der Waals surface area contributed by atoms with Crippen molar-refractivity contribution in [3.63, 3.8) is 0 Å². The van der Waals surface area contributed by atoms with E-state index in [-0.39, 0.29) is 69.3 Å². The van der Waals surface area contributed by atoms with E-state index in [1.165, 1.54) is 0 Å². The van der Waals surface area contributed by atoms with E-state index in [4.69, 9.17) is 28.7 Å². The first-order valence-corrected chi connectivity index (χ1v) is 27.1. The summed E-state index contributed by atoms with van der Waals surface area (Å²) in [6.45, 7) is 6.19. The number of aliphatic imine (C=N–C) groups is 1. The maximum atomic E-state index is 14.6. The summed E-state index contributed by atoms with van der Waals surface area (Å²) in [5, 5.41) is 41.4. The van der Waals surface area contributed by atoms with Crippen LogP contribution in [0.2, 0.25) is 0 Å². The number of aliphatic hydroxyl groups is 1. The molecule has 442 valence electrons. The normalized spacial score (nSPS) is 14.2. The zero-order chi connectivity index (χ0) is 59.3. The lowest BCUT2D eigenvalue weighted by atomic mass is 9.99. The van der Waals surface area contributed by atoms with Crippen LogP contribution in [0.3, 0.4) is 0 Å². The number of carboxylic acids is 1. The highest BCUT2D eigenvalue weighted by Gasteiger charge is 2.35. The number of aliphatic hydroxyl groups excluding tert-OH is 1. The molecule has 0 aliphatic rings. The molecule has 0 aliphatic heterocycles. The number of carboxylic acid groups (broad SMARTS) is 1. The number of aromatic nitrogens is 1. The number of carbonyl (C=O) groups is 9. The van der Waals surface area contributed by atoms with E-state index in [1.807, 2.05) is 32.0 Å². The zero-order valence-corrected chi connectivity index (χ0v) is 46.3. The fourth-order valence-corrected chi connectivity index (χ4v) is 8.44. The number of aliphatic carboxylic acids is 1. The van der Waals surface area contributed by atoms with Gasteiger partial charge in [-0.15, -0.1) is 0 Å². The molecule has 0 unspecified atom stereocenters. The van der Waals surface area contributed by atoms with Crippen LogP contribution in [0.1, 0.15) is 96.6 Å². The van der Waals surface area contributed by atoms with Crippen molar-refractivity contribution in [2.45, 2.75) is 147 Å². The number of nitrogens with one attached hydrogen (secondary N) is 9. The standard InChI is InChI=1S/C54H85N15O11/c1-31(2)25-40(49(75)68-41(26-33-15-6-5-7-16-33)50(76)64-37(19-10-12-22-55)47(73)66-39(53(79)80)20-11-13-23-56)67-48(74)38(21-14-24-60-54(58)59)65-51(77)42(27-34-28-61-36-18-9-8-17-35(34)36)63-44(71)29-62-46(72)43(30-70)69-52(78)45(57)32(3)4/h5-9,15-18,28,31-32,37-43,45,61,70H,10-14,19-27,29-30,55-57H2,1-4H3,(H,62,72)(H,63,71)(H,64,76)(H,65,77)(H,66,73)(H,67,74)(H,68,75)(H,69,78)(H,79,80)(H4,58,59,60)/t37-,38-,39-,40-,41-,42-,43-,45-/m0/s1. The number of nitrogens with two attached hydrogens (primary N) is 5. The zero-order valence-electron chi connectivity index (χ0n) is 46.3. The minimum atomic E-state index is -1.45. The van der Waals surface area contributed by atoms with Gasteiger partial charge < -0.3 is 86.4 Å². The molecule has 80 heavy (non-hydrogen) atoms. The Morgan fingerprint density at radius 3 is 1.64 bits per heavy atom. The molecule has 3 aromatic rings. The molecular formula is C54H85N15O11. The molecule has 3 rings (SSSR count). The van der Waals surface area contributed by atoms with Gasteiger partial charge in [-0.2, -0.15) is 0 Å². The summed E-state index contributed by atoms with van der Waals surface area (Å²) in [7, 11) is 0. The van der Waals surface area contributed by atoms with Crippen LogP contribution in [-0.2, 0) is 56.0 Å². The van der Waals surface area contributed by atoms with Gasteiger partial charge in [0.05, 0.1) is 19.2 Å². The van der Waals surface area contributed by atoms with Gasteiger partial charge in [-0.3, -0.25) is 43.3 Å². The van der Waals surface area contributed by atoms with Crippen molar-refractivity contribution >= 4 is 70.1 Å². The smallest absolute Gasteiger partial charge is 0.326 e. The molecule has 26 nitrogen and oxygen atoms in total. The molecule has 2 aromatic carbocycles. The lowest BCUT2D eigenvalue weighted by molar-refractivity contribution is -0.142. The molecule has 1 heterocycles. The number of amides is 8. The molecule has 8 atom stereocenters. The second-order valence-electron chi connectivity index (χ2n) is 20.4. The Bertz CT molecular complexity index is 2520. The molecule has 0 saturated heterocycles. The highest BCUT2D eigenvalue weighted by Crippen LogP contribution is 2.20. The average Bonchev–Trinajstić information content (AvgIpc) is 3.83. The molecule has 21 N–H and O–H groups in total. The molecule has 0 bridgehead atoms. The van der Waals surface area contributed by atoms with Gasteiger partial charge >= 0.3 is 5.97 Å². The number of carbonyl (C=O) groups excluding carboxylic acids is 8. The van der Waals surface area contributed by atoms with Crippen molar-refractivity contribution in [3.05, 3.63) is 71.9 Å². The number of hydrogen-bond donors (Lipinski definition) is 16. The lowest BCUT2D eigenvalue weighted by Gasteiger charge is -2.28. The fourth-order valence-electron chi connectivity index (χ4n) is 8.44. The number of rotatable bonds is 37. The van der Waals surface area contributed by atoms with Crippen LogP contribution in [0, 0.1) is 11.8 Å². The Morgan fingerprint density at radius 1 is 0.575 bits per heavy atom. The fraction of sp³-hybridized carbons (Fsp3) is 0.556. The number of aromatic amines is 1. The third kappa shape index (κ3) is 23.3. The molecular weight excluding hydrogens is 1030 g/mol. The third-order valence-electron chi connectivity index (χ3n) is 13.0. The Kier molecular flexibility index (Phi) is 29.2. The largest absolute Gasteiger partial charge is 0.480 e. The number of hydrogen-bond acceptors (Lipinski definition) is 14. The van der Waals surface area contributed by atoms with Crippen molar-refractivity contribution < 1.29 is 53.4 Å². The number of fused-ring (bicyclic) bond motifs is 1. The topological polar surface area (TPSA) is 449 Å². The molecule has 0 fully saturated rings. The van der Waals surface area contributed by atoms with Crippen LogP contribution in [0.5, 0.6) is 0 Å². The number of nitrogens with zero attached hydrogens (tertiary/aromatic N) is 1. The maximum Gasteiger partial charge on any atom is 0.326 e. The van der Waals surface area contributed by atoms with Crippen molar-refractivity contribution in [2.75, 3.05) is 32.8 Å². The number of unbranched alkanes of at least 4 members (excludes halogenated alkanes) is 2. The second kappa shape index (κ2) is 35.0. The Hall–Kier alpha value is -7.68. The summed E-state index contributed by atoms with van der Waals surface area (Å²) in [6.07, 6.45) is 3.68. The Morgan fingerprint density at radius 2 is 1.07 bits per heavy atom. The van der Waals surface area contributed by atoms with E-state index < -0.39 is 115 Å². The summed E-state index contributed by atoms with van der Waals surface area (Å²) < 4.78 is 0. The van der Waals surface area contributed by atoms with Gasteiger partial charge in [0, 0.05) is 36.5 Å². The lowest BCUT2D eigenvalue weighted by Crippen LogP contribution is -2.60. The van der Waals surface area contributed by atoms with Gasteiger partial charge in [-0.25, -0.2) is 4.79 Å². The highest BCUT2D eigenvalue weighted by atomic mass is 16.4. The summed E-state index contributed by atoms with van der Waals surface area (Å²) in [5.41, 5.74) is 30.4. The summed E-state index contributed by atoms with van der Waals surface area (Å²) in [4.78, 5) is 130. The van der Waals surface area contributed by atoms with Crippen LogP contribution in [0.4, 0.5) is 0 Å². The molecule has 26 heteroatoms. The minimum absolute atomic E-state index is 0.0402. The molecule has 0 spiro atoms. The second-order valence-corrected chi connectivity index (χ2v) is 20.4. The molecule has 0 saturated carbocycles. The van der Waals surface area contributed by atoms with Gasteiger partial charge in [0.25, 0.3) is 0 Å². The van der Waals surface area contributed by atoms with Crippen LogP contribution in [-0.4, -0.2) is 156 Å². The first kappa shape index (κ1) is 66.6. The van der Waals surface area contributed by atoms with Gasteiger partial charge in [0.2, 0.25) is 47.3 Å². The number of para-hydroxylation sites is 1. The van der Waals surface area contributed by atoms with Gasteiger partial charge in [-0.1, -0.05) is 76.2 Å². The molecule has 0 radical (unpaired) electrons. The molecule has 0 aliphatic carbocycles.